The lowest BCUT2D eigenvalue weighted by molar-refractivity contribution is 0.664. The first-order chi connectivity index (χ1) is 9.81. The van der Waals surface area contributed by atoms with Crippen molar-refractivity contribution in [3.05, 3.63) is 41.1 Å². The molecule has 20 heavy (non-hydrogen) atoms. The van der Waals surface area contributed by atoms with Gasteiger partial charge in [0.2, 0.25) is 0 Å². The molecular formula is C17H19N3. The first-order valence-corrected chi connectivity index (χ1v) is 7.53. The largest absolute Gasteiger partial charge is 0.353 e. The number of benzene rings is 1. The number of fused-ring (bicyclic) bond motifs is 1. The Morgan fingerprint density at radius 2 is 1.70 bits per heavy atom. The molecular weight excluding hydrogens is 246 g/mol. The number of nitrogens with zero attached hydrogens (tertiary/aromatic N) is 3. The summed E-state index contributed by atoms with van der Waals surface area (Å²) in [6.45, 7) is 4.41. The van der Waals surface area contributed by atoms with Crippen molar-refractivity contribution >= 4 is 5.82 Å². The molecule has 1 saturated heterocycles. The van der Waals surface area contributed by atoms with Gasteiger partial charge in [-0.25, -0.2) is 9.97 Å². The molecule has 0 bridgehead atoms. The maximum Gasteiger partial charge on any atom is 0.161 e. The van der Waals surface area contributed by atoms with Crippen LogP contribution >= 0.6 is 0 Å². The van der Waals surface area contributed by atoms with Gasteiger partial charge >= 0.3 is 0 Å². The Morgan fingerprint density at radius 1 is 0.950 bits per heavy atom. The molecule has 0 amide bonds. The second kappa shape index (κ2) is 4.58. The van der Waals surface area contributed by atoms with Crippen molar-refractivity contribution in [2.24, 2.45) is 0 Å². The molecule has 1 aromatic carbocycles. The molecule has 1 fully saturated rings. The van der Waals surface area contributed by atoms with Crippen LogP contribution in [0.15, 0.2) is 24.3 Å². The summed E-state index contributed by atoms with van der Waals surface area (Å²) in [7, 11) is 0. The van der Waals surface area contributed by atoms with Gasteiger partial charge in [0.15, 0.2) is 5.82 Å². The summed E-state index contributed by atoms with van der Waals surface area (Å²) >= 11 is 0. The molecule has 0 saturated carbocycles. The number of rotatable bonds is 2. The van der Waals surface area contributed by atoms with Crippen LogP contribution in [-0.2, 0) is 12.8 Å². The van der Waals surface area contributed by atoms with Crippen LogP contribution < -0.4 is 4.90 Å². The molecule has 2 heterocycles. The molecule has 2 aromatic rings. The summed E-state index contributed by atoms with van der Waals surface area (Å²) < 4.78 is 0. The SMILES string of the molecule is Cc1ccc(-c2nc3c(c(N4CC4)n2)CCCC3)cc1. The molecule has 0 atom stereocenters. The molecule has 102 valence electrons. The van der Waals surface area contributed by atoms with Crippen LogP contribution in [-0.4, -0.2) is 23.1 Å². The summed E-state index contributed by atoms with van der Waals surface area (Å²) in [5.74, 6) is 2.10. The van der Waals surface area contributed by atoms with Crippen LogP contribution in [0.25, 0.3) is 11.4 Å². The number of aryl methyl sites for hydroxylation is 2. The highest BCUT2D eigenvalue weighted by Crippen LogP contribution is 2.33. The quantitative estimate of drug-likeness (QED) is 0.781. The predicted octanol–water partition coefficient (Wildman–Crippen LogP) is 3.15. The van der Waals surface area contributed by atoms with E-state index in [0.717, 1.165) is 37.3 Å². The number of anilines is 1. The van der Waals surface area contributed by atoms with Gasteiger partial charge in [0.1, 0.15) is 5.82 Å². The Bertz CT molecular complexity index is 642. The van der Waals surface area contributed by atoms with Crippen molar-refractivity contribution in [2.75, 3.05) is 18.0 Å². The smallest absolute Gasteiger partial charge is 0.161 e. The van der Waals surface area contributed by atoms with E-state index in [1.807, 2.05) is 0 Å². The van der Waals surface area contributed by atoms with Crippen molar-refractivity contribution in [3.63, 3.8) is 0 Å². The van der Waals surface area contributed by atoms with Crippen LogP contribution in [0.5, 0.6) is 0 Å². The van der Waals surface area contributed by atoms with E-state index < -0.39 is 0 Å². The number of aromatic nitrogens is 2. The second-order valence-corrected chi connectivity index (χ2v) is 5.86. The Balaban J connectivity index is 1.83. The minimum absolute atomic E-state index is 0.896. The summed E-state index contributed by atoms with van der Waals surface area (Å²) in [5, 5.41) is 0. The van der Waals surface area contributed by atoms with Gasteiger partial charge in [-0.05, 0) is 32.6 Å². The van der Waals surface area contributed by atoms with E-state index in [0.29, 0.717) is 0 Å². The van der Waals surface area contributed by atoms with Gasteiger partial charge in [0.25, 0.3) is 0 Å². The lowest BCUT2D eigenvalue weighted by Gasteiger charge is -2.19. The van der Waals surface area contributed by atoms with E-state index in [1.165, 1.54) is 35.5 Å². The van der Waals surface area contributed by atoms with E-state index in [2.05, 4.69) is 36.1 Å². The molecule has 0 spiro atoms. The minimum atomic E-state index is 0.896. The normalized spacial score (nSPS) is 16.9. The Labute approximate surface area is 119 Å². The lowest BCUT2D eigenvalue weighted by atomic mass is 9.96. The van der Waals surface area contributed by atoms with Crippen LogP contribution in [0.3, 0.4) is 0 Å². The third kappa shape index (κ3) is 2.07. The van der Waals surface area contributed by atoms with Gasteiger partial charge < -0.3 is 4.90 Å². The average Bonchev–Trinajstić information content (AvgIpc) is 3.31. The molecule has 1 aromatic heterocycles. The fourth-order valence-electron chi connectivity index (χ4n) is 2.93. The summed E-state index contributed by atoms with van der Waals surface area (Å²) in [6.07, 6.45) is 4.80. The van der Waals surface area contributed by atoms with Crippen LogP contribution in [0.4, 0.5) is 5.82 Å². The third-order valence-electron chi connectivity index (χ3n) is 4.22. The van der Waals surface area contributed by atoms with E-state index in [1.54, 1.807) is 0 Å². The minimum Gasteiger partial charge on any atom is -0.353 e. The fourth-order valence-corrected chi connectivity index (χ4v) is 2.93. The van der Waals surface area contributed by atoms with Crippen LogP contribution in [0.2, 0.25) is 0 Å². The van der Waals surface area contributed by atoms with E-state index in [-0.39, 0.29) is 0 Å². The van der Waals surface area contributed by atoms with Gasteiger partial charge in [-0.15, -0.1) is 0 Å². The fraction of sp³-hybridized carbons (Fsp3) is 0.412. The maximum absolute atomic E-state index is 4.86. The first kappa shape index (κ1) is 11.9. The van der Waals surface area contributed by atoms with Crippen molar-refractivity contribution in [1.29, 1.82) is 0 Å². The highest BCUT2D eigenvalue weighted by atomic mass is 15.3. The molecule has 2 aliphatic rings. The summed E-state index contributed by atoms with van der Waals surface area (Å²) in [4.78, 5) is 12.1. The van der Waals surface area contributed by atoms with Gasteiger partial charge in [0.05, 0.1) is 0 Å². The average molecular weight is 265 g/mol. The van der Waals surface area contributed by atoms with Crippen molar-refractivity contribution < 1.29 is 0 Å². The number of hydrogen-bond acceptors (Lipinski definition) is 3. The summed E-state index contributed by atoms with van der Waals surface area (Å²) in [5.41, 5.74) is 5.10. The lowest BCUT2D eigenvalue weighted by Crippen LogP contribution is -2.12. The van der Waals surface area contributed by atoms with Crippen molar-refractivity contribution in [3.8, 4) is 11.4 Å². The predicted molar refractivity (Wildman–Crippen MR) is 81.1 cm³/mol. The molecule has 3 heteroatoms. The first-order valence-electron chi connectivity index (χ1n) is 7.53. The van der Waals surface area contributed by atoms with Gasteiger partial charge in [0, 0.05) is 29.9 Å². The topological polar surface area (TPSA) is 28.8 Å². The monoisotopic (exact) mass is 265 g/mol. The van der Waals surface area contributed by atoms with Gasteiger partial charge in [-0.3, -0.25) is 0 Å². The maximum atomic E-state index is 4.86. The number of hydrogen-bond donors (Lipinski definition) is 0. The summed E-state index contributed by atoms with van der Waals surface area (Å²) in [6, 6.07) is 8.53. The molecule has 0 radical (unpaired) electrons. The third-order valence-corrected chi connectivity index (χ3v) is 4.22. The molecule has 1 aliphatic carbocycles. The Hall–Kier alpha value is -1.90. The molecule has 4 rings (SSSR count). The Morgan fingerprint density at radius 3 is 2.45 bits per heavy atom. The molecule has 3 nitrogen and oxygen atoms in total. The van der Waals surface area contributed by atoms with Crippen molar-refractivity contribution in [1.82, 2.24) is 9.97 Å². The van der Waals surface area contributed by atoms with E-state index in [4.69, 9.17) is 9.97 Å². The molecule has 0 N–H and O–H groups in total. The molecule has 1 aliphatic heterocycles. The highest BCUT2D eigenvalue weighted by molar-refractivity contribution is 5.62. The zero-order valence-corrected chi connectivity index (χ0v) is 11.9. The second-order valence-electron chi connectivity index (χ2n) is 5.86. The zero-order valence-electron chi connectivity index (χ0n) is 11.9. The molecule has 0 unspecified atom stereocenters. The van der Waals surface area contributed by atoms with Gasteiger partial charge in [-0.1, -0.05) is 29.8 Å². The Kier molecular flexibility index (Phi) is 2.72. The standard InChI is InChI=1S/C17H19N3/c1-12-6-8-13(9-7-12)16-18-15-5-3-2-4-14(15)17(19-16)20-10-11-20/h6-9H,2-5,10-11H2,1H3. The van der Waals surface area contributed by atoms with E-state index in [9.17, 15) is 0 Å². The van der Waals surface area contributed by atoms with E-state index >= 15 is 0 Å². The van der Waals surface area contributed by atoms with Crippen LogP contribution in [0, 0.1) is 6.92 Å². The van der Waals surface area contributed by atoms with Gasteiger partial charge in [-0.2, -0.15) is 0 Å². The highest BCUT2D eigenvalue weighted by Gasteiger charge is 2.27. The zero-order chi connectivity index (χ0) is 13.5. The van der Waals surface area contributed by atoms with Crippen LogP contribution in [0.1, 0.15) is 29.7 Å². The van der Waals surface area contributed by atoms with Crippen molar-refractivity contribution in [2.45, 2.75) is 32.6 Å².